The zero-order chi connectivity index (χ0) is 13.7. The summed E-state index contributed by atoms with van der Waals surface area (Å²) in [7, 11) is 1.86. The number of hydrazone groups is 1. The maximum absolute atomic E-state index is 8.55. The number of aromatic nitrogens is 2. The van der Waals surface area contributed by atoms with E-state index in [9.17, 15) is 0 Å². The summed E-state index contributed by atoms with van der Waals surface area (Å²) in [5, 5.41) is 24.9. The summed E-state index contributed by atoms with van der Waals surface area (Å²) < 4.78 is 1.73. The molecule has 1 aromatic heterocycles. The van der Waals surface area contributed by atoms with Gasteiger partial charge in [0, 0.05) is 18.8 Å². The second-order valence-corrected chi connectivity index (χ2v) is 3.78. The molecule has 6 heteroatoms. The summed E-state index contributed by atoms with van der Waals surface area (Å²) in [5.41, 5.74) is 5.20. The molecular weight excluding hydrogens is 240 g/mol. The first-order chi connectivity index (χ1) is 9.22. The molecule has 0 radical (unpaired) electrons. The van der Waals surface area contributed by atoms with Gasteiger partial charge in [-0.3, -0.25) is 10.1 Å². The van der Waals surface area contributed by atoms with Crippen LogP contribution in [0.25, 0.3) is 11.1 Å². The Morgan fingerprint density at radius 1 is 1.21 bits per heavy atom. The van der Waals surface area contributed by atoms with Gasteiger partial charge in [0.25, 0.3) is 0 Å². The highest BCUT2D eigenvalue weighted by molar-refractivity contribution is 6.10. The van der Waals surface area contributed by atoms with E-state index in [0.29, 0.717) is 5.69 Å². The van der Waals surface area contributed by atoms with Crippen molar-refractivity contribution in [2.45, 2.75) is 0 Å². The van der Waals surface area contributed by atoms with Gasteiger partial charge in [-0.2, -0.15) is 20.7 Å². The molecule has 19 heavy (non-hydrogen) atoms. The van der Waals surface area contributed by atoms with Crippen LogP contribution in [0.4, 0.5) is 5.69 Å². The summed E-state index contributed by atoms with van der Waals surface area (Å²) in [5.74, 6) is 0. The highest BCUT2D eigenvalue weighted by Gasteiger charge is 2.00. The molecule has 0 saturated carbocycles. The van der Waals surface area contributed by atoms with Crippen LogP contribution in [0.5, 0.6) is 0 Å². The number of nitrogens with zero attached hydrogens (tertiary/aromatic N) is 5. The Hall–Kier alpha value is -3.12. The van der Waals surface area contributed by atoms with Gasteiger partial charge in [-0.15, -0.1) is 0 Å². The van der Waals surface area contributed by atoms with Crippen molar-refractivity contribution in [2.75, 3.05) is 5.43 Å². The fourth-order valence-electron chi connectivity index (χ4n) is 1.50. The van der Waals surface area contributed by atoms with E-state index in [2.05, 4.69) is 15.6 Å². The third kappa shape index (κ3) is 2.96. The lowest BCUT2D eigenvalue weighted by molar-refractivity contribution is 0.768. The van der Waals surface area contributed by atoms with Gasteiger partial charge >= 0.3 is 0 Å². The standard InChI is InChI=1S/C13H10N6/c1-19-9-11(8-16-19)10-2-4-12(5-3-10)17-18-13(6-14)7-15/h2-5,8-9,17H,1H3. The molecule has 0 aliphatic rings. The average Bonchev–Trinajstić information content (AvgIpc) is 2.87. The number of nitriles is 2. The van der Waals surface area contributed by atoms with Crippen molar-refractivity contribution in [2.24, 2.45) is 12.1 Å². The lowest BCUT2D eigenvalue weighted by Crippen LogP contribution is -1.96. The zero-order valence-electron chi connectivity index (χ0n) is 10.2. The molecule has 6 nitrogen and oxygen atoms in total. The highest BCUT2D eigenvalue weighted by Crippen LogP contribution is 2.20. The van der Waals surface area contributed by atoms with Crippen molar-refractivity contribution in [3.05, 3.63) is 36.7 Å². The Balaban J connectivity index is 2.14. The van der Waals surface area contributed by atoms with Gasteiger partial charge in [0.05, 0.1) is 11.9 Å². The fourth-order valence-corrected chi connectivity index (χ4v) is 1.50. The van der Waals surface area contributed by atoms with Crippen molar-refractivity contribution < 1.29 is 0 Å². The predicted molar refractivity (Wildman–Crippen MR) is 70.9 cm³/mol. The van der Waals surface area contributed by atoms with Gasteiger partial charge in [-0.1, -0.05) is 12.1 Å². The van der Waals surface area contributed by atoms with Crippen molar-refractivity contribution >= 4 is 11.4 Å². The van der Waals surface area contributed by atoms with Gasteiger partial charge in [0.1, 0.15) is 12.1 Å². The third-order valence-corrected chi connectivity index (χ3v) is 2.43. The number of hydrogen-bond acceptors (Lipinski definition) is 5. The number of aryl methyl sites for hydroxylation is 1. The quantitative estimate of drug-likeness (QED) is 0.665. The summed E-state index contributed by atoms with van der Waals surface area (Å²) in [6.45, 7) is 0. The number of hydrogen-bond donors (Lipinski definition) is 1. The van der Waals surface area contributed by atoms with Gasteiger partial charge < -0.3 is 0 Å². The third-order valence-electron chi connectivity index (χ3n) is 2.43. The molecule has 1 heterocycles. The van der Waals surface area contributed by atoms with E-state index >= 15 is 0 Å². The Morgan fingerprint density at radius 3 is 2.42 bits per heavy atom. The van der Waals surface area contributed by atoms with E-state index in [0.717, 1.165) is 11.1 Å². The maximum Gasteiger partial charge on any atom is 0.237 e. The molecule has 0 fully saturated rings. The molecule has 1 aromatic carbocycles. The average molecular weight is 250 g/mol. The number of rotatable bonds is 3. The first-order valence-electron chi connectivity index (χ1n) is 5.46. The van der Waals surface area contributed by atoms with Crippen molar-refractivity contribution in [3.8, 4) is 23.3 Å². The molecule has 0 bridgehead atoms. The molecule has 0 atom stereocenters. The predicted octanol–water partition coefficient (Wildman–Crippen LogP) is 1.90. The molecular formula is C13H10N6. The van der Waals surface area contributed by atoms with Crippen LogP contribution in [0.3, 0.4) is 0 Å². The van der Waals surface area contributed by atoms with Crippen LogP contribution in [0.15, 0.2) is 41.8 Å². The number of anilines is 1. The normalized spacial score (nSPS) is 9.21. The summed E-state index contributed by atoms with van der Waals surface area (Å²) >= 11 is 0. The minimum atomic E-state index is -0.212. The molecule has 0 spiro atoms. The Morgan fingerprint density at radius 2 is 1.89 bits per heavy atom. The SMILES string of the molecule is Cn1cc(-c2ccc(NN=C(C#N)C#N)cc2)cn1. The molecule has 2 aromatic rings. The summed E-state index contributed by atoms with van der Waals surface area (Å²) in [4.78, 5) is 0. The number of nitrogens with one attached hydrogen (secondary N) is 1. The van der Waals surface area contributed by atoms with Crippen LogP contribution in [0.2, 0.25) is 0 Å². The molecule has 1 N–H and O–H groups in total. The van der Waals surface area contributed by atoms with Gasteiger partial charge in [0.15, 0.2) is 0 Å². The number of benzene rings is 1. The highest BCUT2D eigenvalue weighted by atomic mass is 15.3. The smallest absolute Gasteiger partial charge is 0.237 e. The first kappa shape index (κ1) is 12.3. The minimum absolute atomic E-state index is 0.212. The van der Waals surface area contributed by atoms with Crippen molar-refractivity contribution in [1.82, 2.24) is 9.78 Å². The van der Waals surface area contributed by atoms with E-state index < -0.39 is 0 Å². The fraction of sp³-hybridized carbons (Fsp3) is 0.0769. The molecule has 0 amide bonds. The molecule has 0 unspecified atom stereocenters. The van der Waals surface area contributed by atoms with Crippen LogP contribution in [-0.4, -0.2) is 15.5 Å². The lowest BCUT2D eigenvalue weighted by atomic mass is 10.1. The van der Waals surface area contributed by atoms with Crippen LogP contribution < -0.4 is 5.43 Å². The van der Waals surface area contributed by atoms with E-state index in [1.54, 1.807) is 23.0 Å². The minimum Gasteiger partial charge on any atom is -0.277 e. The van der Waals surface area contributed by atoms with Crippen LogP contribution in [-0.2, 0) is 7.05 Å². The van der Waals surface area contributed by atoms with Crippen LogP contribution >= 0.6 is 0 Å². The Bertz CT molecular complexity index is 665. The second-order valence-electron chi connectivity index (χ2n) is 3.78. The molecule has 92 valence electrons. The Labute approximate surface area is 110 Å². The van der Waals surface area contributed by atoms with Gasteiger partial charge in [-0.25, -0.2) is 0 Å². The molecule has 0 aliphatic heterocycles. The molecule has 0 saturated heterocycles. The first-order valence-corrected chi connectivity index (χ1v) is 5.46. The van der Waals surface area contributed by atoms with E-state index in [-0.39, 0.29) is 5.71 Å². The second kappa shape index (κ2) is 5.48. The maximum atomic E-state index is 8.55. The van der Waals surface area contributed by atoms with Crippen LogP contribution in [0.1, 0.15) is 0 Å². The largest absolute Gasteiger partial charge is 0.277 e. The van der Waals surface area contributed by atoms with E-state index in [1.165, 1.54) is 0 Å². The zero-order valence-corrected chi connectivity index (χ0v) is 10.2. The van der Waals surface area contributed by atoms with Crippen molar-refractivity contribution in [3.63, 3.8) is 0 Å². The summed E-state index contributed by atoms with van der Waals surface area (Å²) in [6, 6.07) is 10.8. The lowest BCUT2D eigenvalue weighted by Gasteiger charge is -2.01. The van der Waals surface area contributed by atoms with E-state index in [1.807, 2.05) is 37.5 Å². The topological polar surface area (TPSA) is 89.8 Å². The van der Waals surface area contributed by atoms with Gasteiger partial charge in [0.2, 0.25) is 5.71 Å². The van der Waals surface area contributed by atoms with Gasteiger partial charge in [-0.05, 0) is 17.7 Å². The van der Waals surface area contributed by atoms with Crippen molar-refractivity contribution in [1.29, 1.82) is 10.5 Å². The molecule has 2 rings (SSSR count). The van der Waals surface area contributed by atoms with Crippen LogP contribution in [0, 0.1) is 22.7 Å². The van der Waals surface area contributed by atoms with E-state index in [4.69, 9.17) is 10.5 Å². The monoisotopic (exact) mass is 250 g/mol. The summed E-state index contributed by atoms with van der Waals surface area (Å²) in [6.07, 6.45) is 3.70. The Kier molecular flexibility index (Phi) is 3.56. The molecule has 0 aliphatic carbocycles.